The van der Waals surface area contributed by atoms with E-state index in [0.29, 0.717) is 102 Å². The molecule has 0 unspecified atom stereocenters. The summed E-state index contributed by atoms with van der Waals surface area (Å²) in [5, 5.41) is 49.7. The number of aromatic hydroxyl groups is 4. The number of aliphatic hydroxyl groups is 1. The Morgan fingerprint density at radius 3 is 1.24 bits per heavy atom. The maximum absolute atomic E-state index is 11.4. The number of aliphatic hydroxyl groups excluding tert-OH is 1. The number of nitrogens with zero attached hydrogens (tertiary/aromatic N) is 8. The second kappa shape index (κ2) is 50.6. The van der Waals surface area contributed by atoms with Crippen LogP contribution in [0.5, 0.6) is 46.0 Å². The van der Waals surface area contributed by atoms with Crippen LogP contribution in [0.4, 0.5) is 11.4 Å². The van der Waals surface area contributed by atoms with Crippen LogP contribution < -0.4 is 30.4 Å². The maximum atomic E-state index is 11.4. The van der Waals surface area contributed by atoms with E-state index in [2.05, 4.69) is 133 Å². The average molecular weight is 2000 g/mol. The van der Waals surface area contributed by atoms with Crippen LogP contribution >= 0.6 is 0 Å². The number of rotatable bonds is 32. The molecular weight excluding hydrogens is 1860 g/mol. The number of ether oxygens (including phenoxy) is 4. The zero-order valence-electron chi connectivity index (χ0n) is 88.9. The first-order valence-electron chi connectivity index (χ1n) is 51.0. The molecule has 25 nitrogen and oxygen atoms in total. The van der Waals surface area contributed by atoms with Gasteiger partial charge >= 0.3 is 0 Å². The lowest BCUT2D eigenvalue weighted by Crippen LogP contribution is -2.23. The van der Waals surface area contributed by atoms with E-state index in [4.69, 9.17) is 72.6 Å². The molecule has 7 heterocycles. The number of phenolic OH excluding ortho intramolecular Hbond substituents is 4. The molecule has 0 aliphatic rings. The highest BCUT2D eigenvalue weighted by Gasteiger charge is 2.28. The SMILES string of the molecule is CC(C)(C)c1ccc(O)c(N)c1.CC(C)(C)c1ccc2oc(-c3cc(O)c(-c4nc5c(CN(Cc6ccccn6)Cc6ccccn6)cccc5o4)cc3O)nc2c1.CCCCCCOc1cc(-c2nc3c(C)cccc3o2)c(C)cc1-c1nc2cc(C(C)(C)C)ccc2o1.CCCCCCOc1cc(-c2nc3c(C)cccc3o2)c(C)cc1C=O.CCCCCCOc1cc(OC)c(C)cc1CO.Cc1cccc(O)c1N. The first-order chi connectivity index (χ1) is 70.9. The van der Waals surface area contributed by atoms with Crippen LogP contribution in [0.15, 0.2) is 247 Å². The molecule has 0 saturated heterocycles. The number of hydrogen-bond acceptors (Lipinski definition) is 25. The topological polar surface area (TPSA) is 366 Å². The number of anilines is 2. The van der Waals surface area contributed by atoms with Crippen molar-refractivity contribution in [2.75, 3.05) is 38.4 Å². The Morgan fingerprint density at radius 2 is 0.784 bits per heavy atom. The van der Waals surface area contributed by atoms with Crippen LogP contribution in [0.25, 0.3) is 113 Å². The number of aldehydes is 1. The summed E-state index contributed by atoms with van der Waals surface area (Å²) in [5.74, 6) is 5.06. The molecule has 0 radical (unpaired) electrons. The minimum Gasteiger partial charge on any atom is -0.507 e. The summed E-state index contributed by atoms with van der Waals surface area (Å²) in [6, 6.07) is 66.5. The number of aromatic nitrogens is 7. The third kappa shape index (κ3) is 28.7. The molecule has 25 heteroatoms. The fourth-order valence-electron chi connectivity index (χ4n) is 16.8. The van der Waals surface area contributed by atoms with Gasteiger partial charge in [0.2, 0.25) is 29.5 Å². The highest BCUT2D eigenvalue weighted by atomic mass is 16.5. The van der Waals surface area contributed by atoms with Gasteiger partial charge in [0, 0.05) is 54.8 Å². The molecular formula is C123H142N10O15. The van der Waals surface area contributed by atoms with Crippen molar-refractivity contribution < 1.29 is 71.4 Å². The third-order valence-corrected chi connectivity index (χ3v) is 25.7. The second-order valence-corrected chi connectivity index (χ2v) is 40.6. The number of oxazole rings is 5. The average Bonchev–Trinajstić information content (AvgIpc) is 1.62. The van der Waals surface area contributed by atoms with Gasteiger partial charge < -0.3 is 78.0 Å². The number of carbonyl (C=O) groups is 1. The number of benzene rings is 11. The predicted molar refractivity (Wildman–Crippen MR) is 592 cm³/mol. The first kappa shape index (κ1) is 110. The fourth-order valence-corrected chi connectivity index (χ4v) is 16.8. The molecule has 7 aromatic heterocycles. The van der Waals surface area contributed by atoms with Crippen molar-refractivity contribution in [1.29, 1.82) is 0 Å². The van der Waals surface area contributed by atoms with Crippen molar-refractivity contribution in [3.8, 4) is 103 Å². The van der Waals surface area contributed by atoms with E-state index in [0.717, 1.165) is 173 Å². The fraction of sp³-hybridized carbons (Fsp3) is 0.333. The summed E-state index contributed by atoms with van der Waals surface area (Å²) in [5.41, 5.74) is 36.3. The summed E-state index contributed by atoms with van der Waals surface area (Å²) in [4.78, 5) is 46.5. The van der Waals surface area contributed by atoms with Crippen LogP contribution in [0.1, 0.15) is 243 Å². The Balaban J connectivity index is 0.000000160. The Kier molecular flexibility index (Phi) is 37.6. The molecule has 0 fully saturated rings. The van der Waals surface area contributed by atoms with Gasteiger partial charge in [0.1, 0.15) is 73.6 Å². The molecule has 18 aromatic rings. The minimum atomic E-state index is -0.120. The summed E-state index contributed by atoms with van der Waals surface area (Å²) in [6.45, 7) is 41.5. The Labute approximate surface area is 867 Å². The quantitative estimate of drug-likeness (QED) is 0.00677. The molecule has 9 N–H and O–H groups in total. The molecule has 0 atom stereocenters. The molecule has 0 bridgehead atoms. The van der Waals surface area contributed by atoms with Gasteiger partial charge in [0.25, 0.3) is 0 Å². The number of fused-ring (bicyclic) bond motifs is 5. The molecule has 774 valence electrons. The van der Waals surface area contributed by atoms with Crippen molar-refractivity contribution in [1.82, 2.24) is 39.8 Å². The van der Waals surface area contributed by atoms with Crippen molar-refractivity contribution in [2.24, 2.45) is 0 Å². The number of aryl methyl sites for hydroxylation is 6. The highest BCUT2D eigenvalue weighted by molar-refractivity contribution is 5.88. The number of carbonyl (C=O) groups excluding carboxylic acids is 1. The zero-order valence-corrected chi connectivity index (χ0v) is 88.9. The van der Waals surface area contributed by atoms with Gasteiger partial charge in [-0.3, -0.25) is 19.7 Å². The standard InChI is InChI=1S/C37H33N5O4.C32H36N2O3.C22H25NO3.C15H24O3.C10H15NO.C7H9NO/c1-37(2,3)24-13-14-32-29(17-24)40-35(45-32)27-18-31(44)28(19-30(27)43)36-41-34-23(9-8-12-33(34)46-36)20-42(21-25-10-4-6-15-38-25)22-26-11-5-7-16-39-26;1-7-8-9-10-16-35-28-19-23(30-34-29-20(2)12-11-13-27(29)37-30)21(3)17-24(28)31-33-25-18-22(32(4,5)6)14-15-26(25)36-31;1-4-5-6-7-11-25-20-13-18(16(3)12-17(20)14-24)22-23-21-15(2)9-8-10-19(21)26-22;1-4-5-6-7-8-18-15-10-14(17-3)12(2)9-13(15)11-16;1-10(2,3)7-4-5-9(12)8(11)6-7;1-5-3-2-4-6(9)7(5)8/h4-19,43-44H,20-22H2,1-3H3;11-15,17-19H,7-10,16H2,1-6H3;8-10,12-14H,4-7,11H2,1-3H3;9-10,16H,4-8,11H2,1-3H3;4-6,12H,11H2,1-3H3;2-4,9H,8H2,1H3. The second-order valence-electron chi connectivity index (χ2n) is 40.6. The summed E-state index contributed by atoms with van der Waals surface area (Å²) in [7, 11) is 1.64. The van der Waals surface area contributed by atoms with Crippen LogP contribution in [0, 0.1) is 41.5 Å². The normalized spacial score (nSPS) is 11.5. The van der Waals surface area contributed by atoms with Crippen molar-refractivity contribution in [3.63, 3.8) is 0 Å². The Morgan fingerprint density at radius 1 is 0.351 bits per heavy atom. The van der Waals surface area contributed by atoms with E-state index < -0.39 is 0 Å². The maximum Gasteiger partial charge on any atom is 0.231 e. The molecule has 18 rings (SSSR count). The first-order valence-corrected chi connectivity index (χ1v) is 51.0. The minimum absolute atomic E-state index is 0.00483. The Hall–Kier alpha value is -15.3. The molecule has 148 heavy (non-hydrogen) atoms. The zero-order chi connectivity index (χ0) is 106. The molecule has 0 aliphatic carbocycles. The van der Waals surface area contributed by atoms with Crippen LogP contribution in [0.3, 0.4) is 0 Å². The van der Waals surface area contributed by atoms with E-state index >= 15 is 0 Å². The Bertz CT molecular complexity index is 7420. The van der Waals surface area contributed by atoms with Gasteiger partial charge in [-0.25, -0.2) is 24.9 Å². The molecule has 0 saturated carbocycles. The van der Waals surface area contributed by atoms with E-state index in [1.54, 1.807) is 37.7 Å². The van der Waals surface area contributed by atoms with Crippen molar-refractivity contribution in [3.05, 3.63) is 303 Å². The highest BCUT2D eigenvalue weighted by Crippen LogP contribution is 2.45. The number of hydrogen-bond donors (Lipinski definition) is 7. The monoisotopic (exact) mass is 2000 g/mol. The lowest BCUT2D eigenvalue weighted by atomic mass is 9.87. The van der Waals surface area contributed by atoms with Crippen molar-refractivity contribution >= 4 is 73.2 Å². The predicted octanol–water partition coefficient (Wildman–Crippen LogP) is 30.1. The summed E-state index contributed by atoms with van der Waals surface area (Å²) < 4.78 is 53.7. The molecule has 0 amide bonds. The number of phenols is 4. The summed E-state index contributed by atoms with van der Waals surface area (Å²) >= 11 is 0. The molecule has 0 aliphatic heterocycles. The van der Waals surface area contributed by atoms with Crippen LogP contribution in [0.2, 0.25) is 0 Å². The van der Waals surface area contributed by atoms with Crippen LogP contribution in [-0.4, -0.2) is 98.5 Å². The van der Waals surface area contributed by atoms with Gasteiger partial charge in [-0.1, -0.05) is 220 Å². The van der Waals surface area contributed by atoms with Crippen LogP contribution in [-0.2, 0) is 42.5 Å². The van der Waals surface area contributed by atoms with Gasteiger partial charge in [-0.15, -0.1) is 0 Å². The van der Waals surface area contributed by atoms with Crippen molar-refractivity contribution in [2.45, 2.75) is 244 Å². The number of nitrogens with two attached hydrogens (primary N) is 2. The number of methoxy groups -OCH3 is 1. The third-order valence-electron chi connectivity index (χ3n) is 25.7. The van der Waals surface area contributed by atoms with E-state index in [9.17, 15) is 25.2 Å². The molecule has 0 spiro atoms. The lowest BCUT2D eigenvalue weighted by molar-refractivity contribution is 0.111. The summed E-state index contributed by atoms with van der Waals surface area (Å²) in [6.07, 6.45) is 18.2. The van der Waals surface area contributed by atoms with E-state index in [1.807, 2.05) is 198 Å². The number of nitrogen functional groups attached to an aromatic ring is 2. The van der Waals surface area contributed by atoms with Gasteiger partial charge in [0.15, 0.2) is 34.2 Å². The lowest BCUT2D eigenvalue weighted by Gasteiger charge is -2.22. The number of pyridine rings is 2. The van der Waals surface area contributed by atoms with Gasteiger partial charge in [0.05, 0.1) is 78.6 Å². The van der Waals surface area contributed by atoms with E-state index in [-0.39, 0.29) is 68.8 Å². The largest absolute Gasteiger partial charge is 0.507 e. The number of para-hydroxylation sites is 4. The molecule has 11 aromatic carbocycles. The van der Waals surface area contributed by atoms with Gasteiger partial charge in [-0.2, -0.15) is 0 Å². The van der Waals surface area contributed by atoms with Gasteiger partial charge in [-0.05, 0) is 260 Å². The van der Waals surface area contributed by atoms with E-state index in [1.165, 1.54) is 62.6 Å². The smallest absolute Gasteiger partial charge is 0.231 e. The number of unbranched alkanes of at least 4 members (excludes halogenated alkanes) is 9.